The largest absolute Gasteiger partial charge is 0.508 e. The van der Waals surface area contributed by atoms with Crippen molar-refractivity contribution >= 4 is 17.5 Å². The fourth-order valence-corrected chi connectivity index (χ4v) is 5.06. The lowest BCUT2D eigenvalue weighted by Crippen LogP contribution is -2.60. The maximum atomic E-state index is 12.5. The molecule has 0 spiro atoms. The average Bonchev–Trinajstić information content (AvgIpc) is 3.00. The van der Waals surface area contributed by atoms with E-state index in [1.807, 2.05) is 0 Å². The first-order valence-corrected chi connectivity index (χ1v) is 14.2. The Labute approximate surface area is 254 Å². The van der Waals surface area contributed by atoms with Crippen molar-refractivity contribution in [2.24, 2.45) is 11.8 Å². The summed E-state index contributed by atoms with van der Waals surface area (Å²) in [5, 5.41) is 59.6. The van der Waals surface area contributed by atoms with Gasteiger partial charge in [0.2, 0.25) is 6.29 Å². The Morgan fingerprint density at radius 1 is 1.05 bits per heavy atom. The number of esters is 1. The number of benzene rings is 1. The number of ketones is 2. The zero-order valence-corrected chi connectivity index (χ0v) is 24.3. The Balaban J connectivity index is 1.59. The van der Waals surface area contributed by atoms with Crippen LogP contribution in [0.2, 0.25) is 0 Å². The van der Waals surface area contributed by atoms with Crippen molar-refractivity contribution in [3.8, 4) is 5.75 Å². The number of hydrogen-bond donors (Lipinski definition) is 6. The van der Waals surface area contributed by atoms with E-state index in [1.54, 1.807) is 12.1 Å². The summed E-state index contributed by atoms with van der Waals surface area (Å²) in [6.07, 6.45) is -4.49. The van der Waals surface area contributed by atoms with Gasteiger partial charge in [0.1, 0.15) is 35.9 Å². The standard InChI is InChI=1S/C31H40O13/c1-3-22-23(6-4-5-19(34)13-21(36)14-20(35)12-9-17-7-10-18(33)11-8-17)24(29(40)41-2)16-42-30(22)44-31-28(39)27(38)26(37)25(15-32)43-31/h3-5,7-8,10-11,16,21-23,25-28,30-33,36-39H,1,6,9,12-15H2,2H3/b5-4+/t21?,22-,23+,25-,26-,27+,28-,30+,31+/m1/s1. The second kappa shape index (κ2) is 16.6. The molecule has 0 radical (unpaired) electrons. The van der Waals surface area contributed by atoms with Crippen molar-refractivity contribution < 1.29 is 64.0 Å². The van der Waals surface area contributed by atoms with Gasteiger partial charge >= 0.3 is 5.97 Å². The lowest BCUT2D eigenvalue weighted by Gasteiger charge is -2.43. The van der Waals surface area contributed by atoms with Crippen LogP contribution in [0.15, 0.2) is 60.9 Å². The monoisotopic (exact) mass is 620 g/mol. The summed E-state index contributed by atoms with van der Waals surface area (Å²) in [5.41, 5.74) is 0.971. The number of aryl methyl sites for hydroxylation is 1. The van der Waals surface area contributed by atoms with Crippen molar-refractivity contribution in [1.82, 2.24) is 0 Å². The molecule has 0 amide bonds. The number of allylic oxidation sites excluding steroid dienone is 2. The number of carbonyl (C=O) groups excluding carboxylic acids is 3. The molecule has 2 aliphatic rings. The highest BCUT2D eigenvalue weighted by Crippen LogP contribution is 2.37. The molecule has 0 bridgehead atoms. The lowest BCUT2D eigenvalue weighted by atomic mass is 9.81. The van der Waals surface area contributed by atoms with Crippen molar-refractivity contribution in [2.75, 3.05) is 13.7 Å². The highest BCUT2D eigenvalue weighted by Gasteiger charge is 2.47. The average molecular weight is 621 g/mol. The zero-order chi connectivity index (χ0) is 32.4. The van der Waals surface area contributed by atoms with Crippen LogP contribution in [0.1, 0.15) is 31.2 Å². The van der Waals surface area contributed by atoms with E-state index in [0.717, 1.165) is 11.8 Å². The molecule has 0 saturated carbocycles. The molecule has 0 aliphatic carbocycles. The first-order chi connectivity index (χ1) is 21.0. The molecule has 1 fully saturated rings. The Bertz CT molecular complexity index is 1190. The van der Waals surface area contributed by atoms with Gasteiger partial charge in [0.25, 0.3) is 0 Å². The molecule has 13 nitrogen and oxygen atoms in total. The summed E-state index contributed by atoms with van der Waals surface area (Å²) in [6.45, 7) is 3.13. The number of aliphatic hydroxyl groups is 5. The van der Waals surface area contributed by atoms with Gasteiger partial charge < -0.3 is 49.6 Å². The molecule has 2 aliphatic heterocycles. The summed E-state index contributed by atoms with van der Waals surface area (Å²) in [7, 11) is 1.19. The zero-order valence-electron chi connectivity index (χ0n) is 24.3. The maximum Gasteiger partial charge on any atom is 0.337 e. The number of methoxy groups -OCH3 is 1. The smallest absolute Gasteiger partial charge is 0.337 e. The minimum atomic E-state index is -1.69. The predicted octanol–water partition coefficient (Wildman–Crippen LogP) is 0.199. The third-order valence-electron chi connectivity index (χ3n) is 7.54. The second-order valence-electron chi connectivity index (χ2n) is 10.7. The number of hydrogen-bond acceptors (Lipinski definition) is 13. The SMILES string of the molecule is C=C[C@H]1[C@H](O[C@@H]2O[C@H](CO)[C@@H](O)[C@H](O)[C@H]2O)OC=C(C(=O)OC)[C@H]1C/C=C/C(=O)CC(O)CC(=O)CCc1ccc(O)cc1. The molecule has 1 aromatic carbocycles. The number of aromatic hydroxyl groups is 1. The van der Waals surface area contributed by atoms with Gasteiger partial charge in [-0.25, -0.2) is 4.79 Å². The van der Waals surface area contributed by atoms with Crippen molar-refractivity contribution in [3.63, 3.8) is 0 Å². The number of phenols is 1. The van der Waals surface area contributed by atoms with Crippen LogP contribution in [0.25, 0.3) is 0 Å². The van der Waals surface area contributed by atoms with E-state index in [1.165, 1.54) is 37.5 Å². The van der Waals surface area contributed by atoms with Gasteiger partial charge in [0.15, 0.2) is 12.1 Å². The summed E-state index contributed by atoms with van der Waals surface area (Å²) >= 11 is 0. The fourth-order valence-electron chi connectivity index (χ4n) is 5.06. The molecule has 1 aromatic rings. The Kier molecular flexibility index (Phi) is 13.2. The fraction of sp³-hybridized carbons (Fsp3) is 0.516. The normalized spacial score (nSPS) is 29.4. The first kappa shape index (κ1) is 35.1. The molecular formula is C31H40O13. The number of ether oxygens (including phenoxy) is 4. The van der Waals surface area contributed by atoms with Crippen LogP contribution in [-0.2, 0) is 39.8 Å². The van der Waals surface area contributed by atoms with Gasteiger partial charge in [-0.1, -0.05) is 24.3 Å². The minimum absolute atomic E-state index is 0.100. The predicted molar refractivity (Wildman–Crippen MR) is 152 cm³/mol. The van der Waals surface area contributed by atoms with Crippen LogP contribution >= 0.6 is 0 Å². The summed E-state index contributed by atoms with van der Waals surface area (Å²) in [4.78, 5) is 37.3. The molecule has 1 unspecified atom stereocenters. The number of carbonyl (C=O) groups is 3. The van der Waals surface area contributed by atoms with Gasteiger partial charge in [-0.05, 0) is 36.6 Å². The van der Waals surface area contributed by atoms with Gasteiger partial charge in [0, 0.05) is 31.1 Å². The van der Waals surface area contributed by atoms with Crippen LogP contribution in [0.4, 0.5) is 0 Å². The highest BCUT2D eigenvalue weighted by atomic mass is 16.8. The van der Waals surface area contributed by atoms with Crippen LogP contribution in [0.5, 0.6) is 5.75 Å². The Morgan fingerprint density at radius 3 is 2.39 bits per heavy atom. The third-order valence-corrected chi connectivity index (χ3v) is 7.54. The minimum Gasteiger partial charge on any atom is -0.508 e. The summed E-state index contributed by atoms with van der Waals surface area (Å²) < 4.78 is 21.6. The topological polar surface area (TPSA) is 210 Å². The van der Waals surface area contributed by atoms with Crippen LogP contribution < -0.4 is 0 Å². The van der Waals surface area contributed by atoms with Crippen LogP contribution in [0.3, 0.4) is 0 Å². The van der Waals surface area contributed by atoms with Crippen molar-refractivity contribution in [1.29, 1.82) is 0 Å². The number of phenolic OH excluding ortho intramolecular Hbond substituents is 1. The van der Waals surface area contributed by atoms with E-state index >= 15 is 0 Å². The number of Topliss-reactive ketones (excluding diaryl/α,β-unsaturated/α-hetero) is 1. The molecule has 6 N–H and O–H groups in total. The molecule has 3 rings (SSSR count). The van der Waals surface area contributed by atoms with Crippen molar-refractivity contribution in [2.45, 2.75) is 75.2 Å². The van der Waals surface area contributed by atoms with Gasteiger partial charge in [-0.2, -0.15) is 0 Å². The molecule has 2 heterocycles. The molecular weight excluding hydrogens is 580 g/mol. The van der Waals surface area contributed by atoms with Gasteiger partial charge in [-0.15, -0.1) is 6.58 Å². The molecule has 1 saturated heterocycles. The van der Waals surface area contributed by atoms with E-state index in [2.05, 4.69) is 6.58 Å². The molecule has 13 heteroatoms. The van der Waals surface area contributed by atoms with Crippen LogP contribution in [-0.4, -0.2) is 105 Å². The molecule has 0 aromatic heterocycles. The third kappa shape index (κ3) is 9.29. The number of aliphatic hydroxyl groups excluding tert-OH is 5. The quantitative estimate of drug-likeness (QED) is 0.0880. The van der Waals surface area contributed by atoms with Gasteiger partial charge in [-0.3, -0.25) is 9.59 Å². The van der Waals surface area contributed by atoms with Gasteiger partial charge in [0.05, 0.1) is 31.7 Å². The second-order valence-corrected chi connectivity index (χ2v) is 10.7. The summed E-state index contributed by atoms with van der Waals surface area (Å²) in [5.74, 6) is -2.66. The van der Waals surface area contributed by atoms with E-state index in [0.29, 0.717) is 6.42 Å². The molecule has 44 heavy (non-hydrogen) atoms. The first-order valence-electron chi connectivity index (χ1n) is 14.2. The van der Waals surface area contributed by atoms with Crippen LogP contribution in [0, 0.1) is 11.8 Å². The maximum absolute atomic E-state index is 12.5. The van der Waals surface area contributed by atoms with E-state index in [4.69, 9.17) is 18.9 Å². The molecule has 242 valence electrons. The number of rotatable bonds is 15. The highest BCUT2D eigenvalue weighted by molar-refractivity contribution is 5.91. The van der Waals surface area contributed by atoms with E-state index in [9.17, 15) is 45.0 Å². The molecule has 9 atom stereocenters. The summed E-state index contributed by atoms with van der Waals surface area (Å²) in [6, 6.07) is 6.45. The lowest BCUT2D eigenvalue weighted by molar-refractivity contribution is -0.339. The Hall–Kier alpha value is -3.43. The Morgan fingerprint density at radius 2 is 1.75 bits per heavy atom. The van der Waals surface area contributed by atoms with E-state index in [-0.39, 0.29) is 42.8 Å². The van der Waals surface area contributed by atoms with E-state index < -0.39 is 73.3 Å². The van der Waals surface area contributed by atoms with Crippen molar-refractivity contribution in [3.05, 3.63) is 66.5 Å².